The summed E-state index contributed by atoms with van der Waals surface area (Å²) in [4.78, 5) is 0.565. The Kier molecular flexibility index (Phi) is 2.27. The molecule has 0 aliphatic heterocycles. The van der Waals surface area contributed by atoms with Crippen LogP contribution in [0.5, 0.6) is 0 Å². The third-order valence-electron chi connectivity index (χ3n) is 1.40. The second-order valence-corrected chi connectivity index (χ2v) is 5.33. The van der Waals surface area contributed by atoms with Crippen molar-refractivity contribution in [3.63, 3.8) is 0 Å². The lowest BCUT2D eigenvalue weighted by Gasteiger charge is -2.02. The standard InChI is InChI=1S/C7H9NOS2/c1-6-4-2-3-5-7(6)11(8,9)10/h2-5H,1H3,(H2,8,9,10). The second-order valence-electron chi connectivity index (χ2n) is 2.31. The van der Waals surface area contributed by atoms with Gasteiger partial charge in [0.25, 0.3) is 0 Å². The van der Waals surface area contributed by atoms with Crippen molar-refractivity contribution in [3.05, 3.63) is 29.8 Å². The number of hydrogen-bond donors (Lipinski definition) is 1. The van der Waals surface area contributed by atoms with Crippen LogP contribution in [-0.4, -0.2) is 4.21 Å². The zero-order valence-corrected chi connectivity index (χ0v) is 7.74. The van der Waals surface area contributed by atoms with Crippen molar-refractivity contribution in [2.75, 3.05) is 0 Å². The Balaban J connectivity index is 3.37. The van der Waals surface area contributed by atoms with Crippen LogP contribution in [0.3, 0.4) is 0 Å². The molecular weight excluding hydrogens is 178 g/mol. The van der Waals surface area contributed by atoms with Crippen molar-refractivity contribution in [1.29, 1.82) is 0 Å². The van der Waals surface area contributed by atoms with Gasteiger partial charge in [-0.3, -0.25) is 0 Å². The molecule has 0 aromatic heterocycles. The Hall–Kier alpha value is -0.450. The van der Waals surface area contributed by atoms with Crippen LogP contribution in [0.1, 0.15) is 5.56 Å². The van der Waals surface area contributed by atoms with Gasteiger partial charge in [0.15, 0.2) is 0 Å². The van der Waals surface area contributed by atoms with E-state index in [4.69, 9.17) is 5.14 Å². The van der Waals surface area contributed by atoms with Gasteiger partial charge < -0.3 is 0 Å². The molecule has 1 aromatic carbocycles. The monoisotopic (exact) mass is 187 g/mol. The van der Waals surface area contributed by atoms with Crippen molar-refractivity contribution in [2.24, 2.45) is 5.14 Å². The minimum atomic E-state index is -2.70. The van der Waals surface area contributed by atoms with E-state index >= 15 is 0 Å². The molecule has 11 heavy (non-hydrogen) atoms. The van der Waals surface area contributed by atoms with Crippen molar-refractivity contribution >= 4 is 19.9 Å². The first-order valence-corrected chi connectivity index (χ1v) is 5.65. The highest BCUT2D eigenvalue weighted by atomic mass is 32.8. The molecule has 60 valence electrons. The molecule has 0 heterocycles. The molecular formula is C7H9NOS2. The highest BCUT2D eigenvalue weighted by molar-refractivity contribution is 8.31. The predicted molar refractivity (Wildman–Crippen MR) is 49.1 cm³/mol. The minimum absolute atomic E-state index is 0.565. The van der Waals surface area contributed by atoms with E-state index in [0.29, 0.717) is 4.90 Å². The highest BCUT2D eigenvalue weighted by Crippen LogP contribution is 2.11. The molecule has 2 N–H and O–H groups in total. The summed E-state index contributed by atoms with van der Waals surface area (Å²) >= 11 is 4.64. The summed E-state index contributed by atoms with van der Waals surface area (Å²) in [5.41, 5.74) is 0.884. The molecule has 0 aliphatic carbocycles. The van der Waals surface area contributed by atoms with E-state index in [1.54, 1.807) is 12.1 Å². The molecule has 0 amide bonds. The van der Waals surface area contributed by atoms with Crippen LogP contribution >= 0.6 is 0 Å². The largest absolute Gasteiger partial charge is 0.247 e. The first-order valence-electron chi connectivity index (χ1n) is 3.10. The first-order chi connectivity index (χ1) is 5.02. The number of aryl methyl sites for hydroxylation is 1. The van der Waals surface area contributed by atoms with Crippen LogP contribution in [0.15, 0.2) is 29.2 Å². The average Bonchev–Trinajstić information content (AvgIpc) is 1.86. The van der Waals surface area contributed by atoms with Crippen LogP contribution in [0.4, 0.5) is 0 Å². The van der Waals surface area contributed by atoms with Gasteiger partial charge in [-0.15, -0.1) is 0 Å². The number of nitrogens with two attached hydrogens (primary N) is 1. The summed E-state index contributed by atoms with van der Waals surface area (Å²) in [5.74, 6) is 0. The smallest absolute Gasteiger partial charge is 0.116 e. The van der Waals surface area contributed by atoms with Crippen LogP contribution in [-0.2, 0) is 19.9 Å². The van der Waals surface area contributed by atoms with Crippen LogP contribution in [0.2, 0.25) is 0 Å². The Morgan fingerprint density at radius 1 is 1.45 bits per heavy atom. The average molecular weight is 187 g/mol. The Morgan fingerprint density at radius 3 is 2.36 bits per heavy atom. The SMILES string of the molecule is Cc1ccccc1S(N)(=O)=S. The summed E-state index contributed by atoms with van der Waals surface area (Å²) in [5, 5.41) is 5.30. The van der Waals surface area contributed by atoms with E-state index in [0.717, 1.165) is 5.56 Å². The molecule has 1 rings (SSSR count). The lowest BCUT2D eigenvalue weighted by molar-refractivity contribution is 0.682. The van der Waals surface area contributed by atoms with Gasteiger partial charge in [-0.25, -0.2) is 9.35 Å². The number of benzene rings is 1. The molecule has 1 atom stereocenters. The van der Waals surface area contributed by atoms with Crippen molar-refractivity contribution < 1.29 is 4.21 Å². The molecule has 1 unspecified atom stereocenters. The molecule has 4 heteroatoms. The van der Waals surface area contributed by atoms with Gasteiger partial charge in [-0.05, 0) is 18.6 Å². The van der Waals surface area contributed by atoms with Gasteiger partial charge in [0.05, 0.1) is 4.90 Å². The third kappa shape index (κ3) is 1.99. The fraction of sp³-hybridized carbons (Fsp3) is 0.143. The molecule has 0 bridgehead atoms. The molecule has 1 aromatic rings. The zero-order valence-electron chi connectivity index (χ0n) is 6.11. The summed E-state index contributed by atoms with van der Waals surface area (Å²) in [6.45, 7) is 1.84. The normalized spacial score (nSPS) is 15.8. The van der Waals surface area contributed by atoms with Gasteiger partial charge in [0.1, 0.15) is 8.68 Å². The van der Waals surface area contributed by atoms with E-state index in [-0.39, 0.29) is 0 Å². The van der Waals surface area contributed by atoms with Crippen molar-refractivity contribution in [3.8, 4) is 0 Å². The molecule has 0 saturated carbocycles. The summed E-state index contributed by atoms with van der Waals surface area (Å²) in [6, 6.07) is 7.18. The lowest BCUT2D eigenvalue weighted by Crippen LogP contribution is -2.11. The quantitative estimate of drug-likeness (QED) is 0.712. The maximum atomic E-state index is 11.2. The van der Waals surface area contributed by atoms with Crippen LogP contribution < -0.4 is 5.14 Å². The van der Waals surface area contributed by atoms with Crippen molar-refractivity contribution in [1.82, 2.24) is 0 Å². The zero-order chi connectivity index (χ0) is 8.48. The van der Waals surface area contributed by atoms with E-state index in [2.05, 4.69) is 11.2 Å². The summed E-state index contributed by atoms with van der Waals surface area (Å²) < 4.78 is 11.2. The van der Waals surface area contributed by atoms with Crippen molar-refractivity contribution in [2.45, 2.75) is 11.8 Å². The molecule has 0 aliphatic rings. The molecule has 0 radical (unpaired) electrons. The Bertz CT molecular complexity index is 356. The molecule has 0 fully saturated rings. The molecule has 0 saturated heterocycles. The number of hydrogen-bond acceptors (Lipinski definition) is 2. The van der Waals surface area contributed by atoms with Gasteiger partial charge in [0.2, 0.25) is 0 Å². The van der Waals surface area contributed by atoms with Gasteiger partial charge in [-0.1, -0.05) is 18.2 Å². The van der Waals surface area contributed by atoms with E-state index in [1.165, 1.54) is 0 Å². The van der Waals surface area contributed by atoms with Crippen LogP contribution in [0, 0.1) is 6.92 Å². The predicted octanol–water partition coefficient (Wildman–Crippen LogP) is 0.974. The maximum absolute atomic E-state index is 11.2. The highest BCUT2D eigenvalue weighted by Gasteiger charge is 2.04. The van der Waals surface area contributed by atoms with Gasteiger partial charge in [-0.2, -0.15) is 0 Å². The van der Waals surface area contributed by atoms with Gasteiger partial charge >= 0.3 is 0 Å². The minimum Gasteiger partial charge on any atom is -0.247 e. The maximum Gasteiger partial charge on any atom is 0.116 e. The topological polar surface area (TPSA) is 43.1 Å². The van der Waals surface area contributed by atoms with E-state index in [1.807, 2.05) is 19.1 Å². The summed E-state index contributed by atoms with van der Waals surface area (Å²) in [7, 11) is -2.70. The van der Waals surface area contributed by atoms with Crippen LogP contribution in [0.25, 0.3) is 0 Å². The third-order valence-corrected chi connectivity index (χ3v) is 3.01. The number of rotatable bonds is 1. The lowest BCUT2D eigenvalue weighted by atomic mass is 10.2. The van der Waals surface area contributed by atoms with Gasteiger partial charge in [0, 0.05) is 11.2 Å². The fourth-order valence-corrected chi connectivity index (χ4v) is 2.22. The fourth-order valence-electron chi connectivity index (χ4n) is 0.876. The summed E-state index contributed by atoms with van der Waals surface area (Å²) in [6.07, 6.45) is 0. The second kappa shape index (κ2) is 2.89. The van der Waals surface area contributed by atoms with E-state index in [9.17, 15) is 4.21 Å². The van der Waals surface area contributed by atoms with E-state index < -0.39 is 8.68 Å². The first kappa shape index (κ1) is 8.64. The molecule has 0 spiro atoms. The molecule has 2 nitrogen and oxygen atoms in total. The Morgan fingerprint density at radius 2 is 2.00 bits per heavy atom. The Labute approximate surface area is 71.2 Å².